The van der Waals surface area contributed by atoms with Gasteiger partial charge in [0, 0.05) is 10.7 Å². The Bertz CT molecular complexity index is 919. The van der Waals surface area contributed by atoms with Crippen molar-refractivity contribution in [2.24, 2.45) is 0 Å². The van der Waals surface area contributed by atoms with E-state index in [1.807, 2.05) is 25.1 Å². The molecule has 3 aromatic rings. The van der Waals surface area contributed by atoms with E-state index >= 15 is 0 Å². The third kappa shape index (κ3) is 3.59. The third-order valence-corrected chi connectivity index (χ3v) is 3.54. The number of anilines is 4. The normalized spacial score (nSPS) is 10.0. The van der Waals surface area contributed by atoms with E-state index in [2.05, 4.69) is 31.9 Å². The fourth-order valence-corrected chi connectivity index (χ4v) is 2.36. The molecule has 1 aromatic heterocycles. The molecule has 2 N–H and O–H groups in total. The predicted octanol–water partition coefficient (Wildman–Crippen LogP) is 4.19. The van der Waals surface area contributed by atoms with Gasteiger partial charge in [0.15, 0.2) is 5.82 Å². The Labute approximate surface area is 144 Å². The highest BCUT2D eigenvalue weighted by molar-refractivity contribution is 6.30. The number of nitrogens with one attached hydrogen (secondary N) is 2. The summed E-state index contributed by atoms with van der Waals surface area (Å²) in [4.78, 5) is 4.36. The van der Waals surface area contributed by atoms with Crippen LogP contribution in [-0.2, 0) is 0 Å². The van der Waals surface area contributed by atoms with Gasteiger partial charge in [0.2, 0.25) is 5.95 Å². The number of aromatic nitrogens is 3. The van der Waals surface area contributed by atoms with Crippen LogP contribution in [0.25, 0.3) is 0 Å². The smallest absolute Gasteiger partial charge is 0.249 e. The van der Waals surface area contributed by atoms with Gasteiger partial charge in [-0.3, -0.25) is 0 Å². The van der Waals surface area contributed by atoms with Crippen molar-refractivity contribution in [1.29, 1.82) is 5.26 Å². The monoisotopic (exact) mass is 336 g/mol. The average molecular weight is 337 g/mol. The molecular weight excluding hydrogens is 324 g/mol. The summed E-state index contributed by atoms with van der Waals surface area (Å²) in [5, 5.41) is 23.9. The number of aryl methyl sites for hydroxylation is 1. The first kappa shape index (κ1) is 15.7. The molecular formula is C17H13ClN6. The number of halogens is 1. The van der Waals surface area contributed by atoms with E-state index in [4.69, 9.17) is 16.9 Å². The molecule has 3 rings (SSSR count). The second kappa shape index (κ2) is 6.94. The van der Waals surface area contributed by atoms with E-state index in [0.717, 1.165) is 11.3 Å². The van der Waals surface area contributed by atoms with Crippen LogP contribution in [0.5, 0.6) is 0 Å². The predicted molar refractivity (Wildman–Crippen MR) is 93.7 cm³/mol. The van der Waals surface area contributed by atoms with Gasteiger partial charge in [-0.2, -0.15) is 15.3 Å². The zero-order valence-corrected chi connectivity index (χ0v) is 13.5. The van der Waals surface area contributed by atoms with Crippen molar-refractivity contribution in [2.75, 3.05) is 10.6 Å². The molecule has 0 spiro atoms. The topological polar surface area (TPSA) is 86.5 Å². The number of para-hydroxylation sites is 1. The van der Waals surface area contributed by atoms with Crippen LogP contribution < -0.4 is 10.6 Å². The van der Waals surface area contributed by atoms with Crippen molar-refractivity contribution in [3.8, 4) is 6.07 Å². The Morgan fingerprint density at radius 1 is 1.08 bits per heavy atom. The van der Waals surface area contributed by atoms with Gasteiger partial charge >= 0.3 is 0 Å². The maximum absolute atomic E-state index is 9.13. The minimum atomic E-state index is 0.300. The molecule has 0 fully saturated rings. The molecule has 0 saturated carbocycles. The van der Waals surface area contributed by atoms with E-state index in [9.17, 15) is 0 Å². The second-order valence-corrected chi connectivity index (χ2v) is 5.47. The van der Waals surface area contributed by atoms with Gasteiger partial charge in [-0.15, -0.1) is 5.10 Å². The molecule has 0 radical (unpaired) electrons. The highest BCUT2D eigenvalue weighted by atomic mass is 35.5. The summed E-state index contributed by atoms with van der Waals surface area (Å²) in [7, 11) is 0. The zero-order valence-electron chi connectivity index (χ0n) is 12.8. The van der Waals surface area contributed by atoms with Crippen LogP contribution in [0.15, 0.2) is 48.7 Å². The van der Waals surface area contributed by atoms with Crippen LogP contribution in [0.1, 0.15) is 11.1 Å². The number of nitriles is 1. The van der Waals surface area contributed by atoms with Crippen LogP contribution in [0.3, 0.4) is 0 Å². The highest BCUT2D eigenvalue weighted by Crippen LogP contribution is 2.23. The molecule has 6 nitrogen and oxygen atoms in total. The molecule has 0 bridgehead atoms. The Morgan fingerprint density at radius 3 is 2.71 bits per heavy atom. The molecule has 0 amide bonds. The molecule has 1 heterocycles. The summed E-state index contributed by atoms with van der Waals surface area (Å²) in [6, 6.07) is 14.8. The third-order valence-electron chi connectivity index (χ3n) is 3.30. The van der Waals surface area contributed by atoms with Gasteiger partial charge in [-0.25, -0.2) is 0 Å². The van der Waals surface area contributed by atoms with Gasteiger partial charge in [0.05, 0.1) is 17.4 Å². The summed E-state index contributed by atoms with van der Waals surface area (Å²) in [6.07, 6.45) is 1.52. The van der Waals surface area contributed by atoms with Gasteiger partial charge < -0.3 is 10.6 Å². The summed E-state index contributed by atoms with van der Waals surface area (Å²) < 4.78 is 0. The molecule has 0 atom stereocenters. The molecule has 0 aliphatic rings. The molecule has 118 valence electrons. The van der Waals surface area contributed by atoms with Crippen LogP contribution >= 0.6 is 11.6 Å². The molecule has 0 saturated heterocycles. The van der Waals surface area contributed by atoms with Crippen molar-refractivity contribution in [3.63, 3.8) is 0 Å². The molecule has 0 aliphatic heterocycles. The second-order valence-electron chi connectivity index (χ2n) is 5.03. The molecule has 0 unspecified atom stereocenters. The van der Waals surface area contributed by atoms with E-state index in [-0.39, 0.29) is 0 Å². The molecule has 2 aromatic carbocycles. The number of hydrogen-bond donors (Lipinski definition) is 2. The van der Waals surface area contributed by atoms with Crippen molar-refractivity contribution < 1.29 is 0 Å². The molecule has 7 heteroatoms. The highest BCUT2D eigenvalue weighted by Gasteiger charge is 2.06. The molecule has 0 aliphatic carbocycles. The lowest BCUT2D eigenvalue weighted by Crippen LogP contribution is -2.03. The van der Waals surface area contributed by atoms with Gasteiger partial charge in [0.25, 0.3) is 0 Å². The van der Waals surface area contributed by atoms with Crippen molar-refractivity contribution >= 4 is 34.7 Å². The number of nitrogens with zero attached hydrogens (tertiary/aromatic N) is 4. The van der Waals surface area contributed by atoms with Crippen molar-refractivity contribution in [3.05, 3.63) is 64.8 Å². The number of benzene rings is 2. The van der Waals surface area contributed by atoms with Gasteiger partial charge in [-0.1, -0.05) is 23.7 Å². The minimum Gasteiger partial charge on any atom is -0.339 e. The zero-order chi connectivity index (χ0) is 16.9. The van der Waals surface area contributed by atoms with Crippen molar-refractivity contribution in [2.45, 2.75) is 6.92 Å². The van der Waals surface area contributed by atoms with Crippen LogP contribution in [-0.4, -0.2) is 15.2 Å². The lowest BCUT2D eigenvalue weighted by atomic mass is 10.2. The standard InChI is InChI=1S/C17H13ClN6/c1-11-8-13(18)6-7-14(11)21-16-10-20-24-17(23-16)22-15-5-3-2-4-12(15)9-19/h2-8,10H,1H3,(H2,21,22,23,24). The van der Waals surface area contributed by atoms with E-state index in [1.54, 1.807) is 24.3 Å². The number of rotatable bonds is 4. The fraction of sp³-hybridized carbons (Fsp3) is 0.0588. The van der Waals surface area contributed by atoms with E-state index < -0.39 is 0 Å². The lowest BCUT2D eigenvalue weighted by Gasteiger charge is -2.10. The first-order valence-electron chi connectivity index (χ1n) is 7.15. The Morgan fingerprint density at radius 2 is 1.92 bits per heavy atom. The van der Waals surface area contributed by atoms with E-state index in [0.29, 0.717) is 28.0 Å². The van der Waals surface area contributed by atoms with Crippen molar-refractivity contribution in [1.82, 2.24) is 15.2 Å². The van der Waals surface area contributed by atoms with Crippen LogP contribution in [0, 0.1) is 18.3 Å². The quantitative estimate of drug-likeness (QED) is 0.742. The summed E-state index contributed by atoms with van der Waals surface area (Å²) in [5.74, 6) is 0.835. The largest absolute Gasteiger partial charge is 0.339 e. The maximum atomic E-state index is 9.13. The fourth-order valence-electron chi connectivity index (χ4n) is 2.13. The summed E-state index contributed by atoms with van der Waals surface area (Å²) in [6.45, 7) is 1.95. The maximum Gasteiger partial charge on any atom is 0.249 e. The number of hydrogen-bond acceptors (Lipinski definition) is 6. The average Bonchev–Trinajstić information content (AvgIpc) is 2.58. The summed E-state index contributed by atoms with van der Waals surface area (Å²) >= 11 is 5.96. The summed E-state index contributed by atoms with van der Waals surface area (Å²) in [5.41, 5.74) is 3.00. The first-order chi connectivity index (χ1) is 11.7. The minimum absolute atomic E-state index is 0.300. The lowest BCUT2D eigenvalue weighted by molar-refractivity contribution is 0.982. The van der Waals surface area contributed by atoms with Crippen LogP contribution in [0.4, 0.5) is 23.1 Å². The van der Waals surface area contributed by atoms with Gasteiger partial charge in [0.1, 0.15) is 6.07 Å². The first-order valence-corrected chi connectivity index (χ1v) is 7.52. The van der Waals surface area contributed by atoms with Crippen LogP contribution in [0.2, 0.25) is 5.02 Å². The Hall–Kier alpha value is -3.17. The van der Waals surface area contributed by atoms with Gasteiger partial charge in [-0.05, 0) is 42.8 Å². The van der Waals surface area contributed by atoms with E-state index in [1.165, 1.54) is 6.20 Å². The SMILES string of the molecule is Cc1cc(Cl)ccc1Nc1cnnc(Nc2ccccc2C#N)n1. The Balaban J connectivity index is 1.83. The molecule has 24 heavy (non-hydrogen) atoms. The Kier molecular flexibility index (Phi) is 4.54.